The minimum atomic E-state index is 0.940. The van der Waals surface area contributed by atoms with E-state index < -0.39 is 0 Å². The Hall–Kier alpha value is -0.870. The van der Waals surface area contributed by atoms with Gasteiger partial charge < -0.3 is 14.8 Å². The number of hydrogen-bond donors (Lipinski definition) is 1. The van der Waals surface area contributed by atoms with E-state index in [0.29, 0.717) is 0 Å². The molecule has 2 heterocycles. The Kier molecular flexibility index (Phi) is 4.78. The Morgan fingerprint density at radius 2 is 2.17 bits per heavy atom. The molecule has 1 aromatic heterocycles. The number of aromatic nitrogens is 2. The van der Waals surface area contributed by atoms with Gasteiger partial charge >= 0.3 is 0 Å². The molecule has 0 atom stereocenters. The number of hydrogen-bond acceptors (Lipinski definition) is 3. The first-order valence-electron chi connectivity index (χ1n) is 7.24. The molecule has 1 aliphatic heterocycles. The van der Waals surface area contributed by atoms with Crippen LogP contribution in [0, 0.1) is 6.92 Å². The van der Waals surface area contributed by atoms with E-state index in [1.807, 2.05) is 0 Å². The topological polar surface area (TPSA) is 33.1 Å². The van der Waals surface area contributed by atoms with Crippen molar-refractivity contribution in [3.63, 3.8) is 0 Å². The van der Waals surface area contributed by atoms with Crippen LogP contribution < -0.4 is 5.32 Å². The van der Waals surface area contributed by atoms with E-state index in [2.05, 4.69) is 40.5 Å². The van der Waals surface area contributed by atoms with Crippen LogP contribution in [0.25, 0.3) is 0 Å². The Morgan fingerprint density at radius 3 is 2.89 bits per heavy atom. The lowest BCUT2D eigenvalue weighted by Crippen LogP contribution is -2.30. The van der Waals surface area contributed by atoms with Crippen LogP contribution in [0.5, 0.6) is 0 Å². The van der Waals surface area contributed by atoms with Crippen LogP contribution in [-0.4, -0.2) is 40.6 Å². The van der Waals surface area contributed by atoms with Crippen molar-refractivity contribution in [2.75, 3.05) is 26.2 Å². The van der Waals surface area contributed by atoms with Crippen LogP contribution in [0.3, 0.4) is 0 Å². The number of likely N-dealkylation sites (N-methyl/N-ethyl adjacent to an activating group) is 1. The number of aryl methyl sites for hydroxylation is 1. The number of imidazole rings is 1. The molecule has 0 saturated carbocycles. The third-order valence-corrected chi connectivity index (χ3v) is 3.80. The smallest absolute Gasteiger partial charge is 0.106 e. The Labute approximate surface area is 110 Å². The first kappa shape index (κ1) is 13.6. The lowest BCUT2D eigenvalue weighted by atomic mass is 10.2. The van der Waals surface area contributed by atoms with Gasteiger partial charge in [-0.3, -0.25) is 0 Å². The summed E-state index contributed by atoms with van der Waals surface area (Å²) in [6, 6.07) is 0. The quantitative estimate of drug-likeness (QED) is 0.832. The zero-order chi connectivity index (χ0) is 13.0. The first-order chi connectivity index (χ1) is 8.76. The van der Waals surface area contributed by atoms with Crippen LogP contribution in [0.15, 0.2) is 0 Å². The molecule has 1 aromatic rings. The molecule has 0 fully saturated rings. The summed E-state index contributed by atoms with van der Waals surface area (Å²) in [6.07, 6.45) is 2.36. The van der Waals surface area contributed by atoms with Gasteiger partial charge in [0.05, 0.1) is 5.69 Å². The SMILES string of the molecule is CCCN(CC)CCn1c(C)nc2c1CCNC2. The van der Waals surface area contributed by atoms with Crippen molar-refractivity contribution >= 4 is 0 Å². The maximum atomic E-state index is 4.68. The van der Waals surface area contributed by atoms with E-state index in [0.717, 1.165) is 39.1 Å². The van der Waals surface area contributed by atoms with Crippen LogP contribution in [0.4, 0.5) is 0 Å². The van der Waals surface area contributed by atoms with Gasteiger partial charge in [-0.05, 0) is 26.4 Å². The molecule has 1 N–H and O–H groups in total. The predicted molar refractivity (Wildman–Crippen MR) is 74.8 cm³/mol. The van der Waals surface area contributed by atoms with Gasteiger partial charge in [-0.1, -0.05) is 13.8 Å². The van der Waals surface area contributed by atoms with Crippen molar-refractivity contribution in [2.24, 2.45) is 0 Å². The lowest BCUT2D eigenvalue weighted by molar-refractivity contribution is 0.274. The summed E-state index contributed by atoms with van der Waals surface area (Å²) in [6.45, 7) is 13.2. The van der Waals surface area contributed by atoms with Gasteiger partial charge in [0, 0.05) is 38.3 Å². The van der Waals surface area contributed by atoms with E-state index in [9.17, 15) is 0 Å². The van der Waals surface area contributed by atoms with Crippen molar-refractivity contribution in [2.45, 2.75) is 46.7 Å². The summed E-state index contributed by atoms with van der Waals surface area (Å²) in [5.74, 6) is 1.18. The highest BCUT2D eigenvalue weighted by Crippen LogP contribution is 2.15. The van der Waals surface area contributed by atoms with Crippen LogP contribution >= 0.6 is 0 Å². The van der Waals surface area contributed by atoms with Gasteiger partial charge in [0.25, 0.3) is 0 Å². The molecule has 4 nitrogen and oxygen atoms in total. The second-order valence-corrected chi connectivity index (χ2v) is 5.07. The molecular formula is C14H26N4. The van der Waals surface area contributed by atoms with Crippen LogP contribution in [0.1, 0.15) is 37.5 Å². The van der Waals surface area contributed by atoms with Crippen molar-refractivity contribution in [3.8, 4) is 0 Å². The Bertz CT molecular complexity index is 383. The van der Waals surface area contributed by atoms with Crippen molar-refractivity contribution < 1.29 is 0 Å². The number of rotatable bonds is 6. The van der Waals surface area contributed by atoms with E-state index >= 15 is 0 Å². The Morgan fingerprint density at radius 1 is 1.33 bits per heavy atom. The number of nitrogens with zero attached hydrogens (tertiary/aromatic N) is 3. The zero-order valence-corrected chi connectivity index (χ0v) is 12.0. The summed E-state index contributed by atoms with van der Waals surface area (Å²) in [4.78, 5) is 7.20. The van der Waals surface area contributed by atoms with Crippen LogP contribution in [0.2, 0.25) is 0 Å². The summed E-state index contributed by atoms with van der Waals surface area (Å²) >= 11 is 0. The molecule has 0 aromatic carbocycles. The van der Waals surface area contributed by atoms with Gasteiger partial charge in [-0.25, -0.2) is 4.98 Å². The maximum Gasteiger partial charge on any atom is 0.106 e. The van der Waals surface area contributed by atoms with Gasteiger partial charge in [-0.15, -0.1) is 0 Å². The highest BCUT2D eigenvalue weighted by molar-refractivity contribution is 5.19. The third-order valence-electron chi connectivity index (χ3n) is 3.80. The van der Waals surface area contributed by atoms with Gasteiger partial charge in [0.15, 0.2) is 0 Å². The highest BCUT2D eigenvalue weighted by Gasteiger charge is 2.17. The summed E-state index contributed by atoms with van der Waals surface area (Å²) < 4.78 is 2.43. The second-order valence-electron chi connectivity index (χ2n) is 5.07. The fourth-order valence-electron chi connectivity index (χ4n) is 2.79. The molecule has 0 radical (unpaired) electrons. The zero-order valence-electron chi connectivity index (χ0n) is 12.0. The summed E-state index contributed by atoms with van der Waals surface area (Å²) in [5.41, 5.74) is 2.72. The van der Waals surface area contributed by atoms with Crippen molar-refractivity contribution in [1.82, 2.24) is 19.8 Å². The normalized spacial score (nSPS) is 15.1. The lowest BCUT2D eigenvalue weighted by Gasteiger charge is -2.22. The van der Waals surface area contributed by atoms with Gasteiger partial charge in [-0.2, -0.15) is 0 Å². The molecule has 0 spiro atoms. The average Bonchev–Trinajstić information content (AvgIpc) is 2.70. The average molecular weight is 250 g/mol. The number of fused-ring (bicyclic) bond motifs is 1. The third kappa shape index (κ3) is 2.93. The molecule has 2 rings (SSSR count). The summed E-state index contributed by atoms with van der Waals surface area (Å²) in [5, 5.41) is 3.39. The van der Waals surface area contributed by atoms with Gasteiger partial charge in [0.2, 0.25) is 0 Å². The first-order valence-corrected chi connectivity index (χ1v) is 7.24. The number of nitrogens with one attached hydrogen (secondary N) is 1. The molecule has 1 aliphatic rings. The molecule has 0 amide bonds. The molecule has 4 heteroatoms. The van der Waals surface area contributed by atoms with E-state index in [1.165, 1.54) is 30.2 Å². The van der Waals surface area contributed by atoms with Gasteiger partial charge in [0.1, 0.15) is 5.82 Å². The van der Waals surface area contributed by atoms with E-state index in [4.69, 9.17) is 0 Å². The minimum absolute atomic E-state index is 0.940. The summed E-state index contributed by atoms with van der Waals surface area (Å²) in [7, 11) is 0. The molecule has 102 valence electrons. The fraction of sp³-hybridized carbons (Fsp3) is 0.786. The predicted octanol–water partition coefficient (Wildman–Crippen LogP) is 1.57. The fourth-order valence-corrected chi connectivity index (χ4v) is 2.79. The second kappa shape index (κ2) is 6.34. The molecule has 0 saturated heterocycles. The van der Waals surface area contributed by atoms with E-state index in [1.54, 1.807) is 0 Å². The molecular weight excluding hydrogens is 224 g/mol. The van der Waals surface area contributed by atoms with Crippen molar-refractivity contribution in [1.29, 1.82) is 0 Å². The van der Waals surface area contributed by atoms with Crippen molar-refractivity contribution in [3.05, 3.63) is 17.2 Å². The standard InChI is InChI=1S/C14H26N4/c1-4-8-17(5-2)9-10-18-12(3)16-13-11-15-7-6-14(13)18/h15H,4-11H2,1-3H3. The maximum absolute atomic E-state index is 4.68. The molecule has 0 aliphatic carbocycles. The van der Waals surface area contributed by atoms with Crippen LogP contribution in [-0.2, 0) is 19.5 Å². The Balaban J connectivity index is 2.02. The molecule has 0 unspecified atom stereocenters. The van der Waals surface area contributed by atoms with E-state index in [-0.39, 0.29) is 0 Å². The highest BCUT2D eigenvalue weighted by atomic mass is 15.2. The molecule has 18 heavy (non-hydrogen) atoms. The molecule has 0 bridgehead atoms. The monoisotopic (exact) mass is 250 g/mol. The minimum Gasteiger partial charge on any atom is -0.331 e. The largest absolute Gasteiger partial charge is 0.331 e.